The monoisotopic (exact) mass is 473 g/mol. The molecule has 0 aliphatic carbocycles. The number of fused-ring (bicyclic) bond motifs is 1. The first-order chi connectivity index (χ1) is 16.4. The van der Waals surface area contributed by atoms with Crippen molar-refractivity contribution in [2.45, 2.75) is 32.2 Å². The van der Waals surface area contributed by atoms with Crippen molar-refractivity contribution >= 4 is 34.3 Å². The third kappa shape index (κ3) is 5.49. The molecule has 0 bridgehead atoms. The second-order valence-electron chi connectivity index (χ2n) is 8.54. The molecule has 0 saturated heterocycles. The molecule has 0 saturated carbocycles. The van der Waals surface area contributed by atoms with Crippen LogP contribution < -0.4 is 10.6 Å². The lowest BCUT2D eigenvalue weighted by molar-refractivity contribution is -0.122. The van der Waals surface area contributed by atoms with Gasteiger partial charge >= 0.3 is 0 Å². The van der Waals surface area contributed by atoms with E-state index in [0.29, 0.717) is 11.6 Å². The average molecular weight is 474 g/mol. The summed E-state index contributed by atoms with van der Waals surface area (Å²) in [5.74, 6) is -0.449. The van der Waals surface area contributed by atoms with Crippen LogP contribution >= 0.6 is 11.6 Å². The first-order valence-electron chi connectivity index (χ1n) is 11.3. The fraction of sp³-hybridized carbons (Fsp3) is 0.214. The molecule has 1 aromatic heterocycles. The maximum atomic E-state index is 13.0. The molecule has 0 fully saturated rings. The molecule has 0 aliphatic rings. The van der Waals surface area contributed by atoms with Gasteiger partial charge in [0, 0.05) is 41.5 Å². The van der Waals surface area contributed by atoms with E-state index in [-0.39, 0.29) is 24.2 Å². The zero-order valence-electron chi connectivity index (χ0n) is 19.3. The van der Waals surface area contributed by atoms with E-state index in [1.807, 2.05) is 79.9 Å². The summed E-state index contributed by atoms with van der Waals surface area (Å²) in [5.41, 5.74) is 5.07. The lowest BCUT2D eigenvalue weighted by Crippen LogP contribution is -2.34. The molecule has 4 aromatic rings. The largest absolute Gasteiger partial charge is 0.361 e. The Morgan fingerprint density at radius 3 is 2.38 bits per heavy atom. The molecule has 174 valence electrons. The van der Waals surface area contributed by atoms with Crippen molar-refractivity contribution in [3.63, 3.8) is 0 Å². The third-order valence-corrected chi connectivity index (χ3v) is 6.37. The summed E-state index contributed by atoms with van der Waals surface area (Å²) in [6.45, 7) is 3.85. The number of aromatic nitrogens is 1. The van der Waals surface area contributed by atoms with Gasteiger partial charge in [0.25, 0.3) is 0 Å². The maximum absolute atomic E-state index is 13.0. The minimum atomic E-state index is -0.398. The van der Waals surface area contributed by atoms with E-state index in [2.05, 4.69) is 21.7 Å². The summed E-state index contributed by atoms with van der Waals surface area (Å²) < 4.78 is 0. The number of rotatable bonds is 8. The average Bonchev–Trinajstić information content (AvgIpc) is 3.24. The number of aryl methyl sites for hydroxylation is 1. The number of carbonyl (C=O) groups is 2. The topological polar surface area (TPSA) is 74.0 Å². The van der Waals surface area contributed by atoms with Crippen LogP contribution in [0.15, 0.2) is 79.0 Å². The van der Waals surface area contributed by atoms with Crippen molar-refractivity contribution in [1.82, 2.24) is 15.6 Å². The second-order valence-corrected chi connectivity index (χ2v) is 8.94. The van der Waals surface area contributed by atoms with Crippen molar-refractivity contribution in [3.05, 3.63) is 106 Å². The van der Waals surface area contributed by atoms with E-state index in [1.54, 1.807) is 0 Å². The Bertz CT molecular complexity index is 1300. The molecule has 1 heterocycles. The SMILES string of the molecule is CC(=O)N[C@H](CC(=O)NC[C@@H](c1ccccc1Cl)c1c[nH]c2ccccc12)c1ccc(C)cc1. The summed E-state index contributed by atoms with van der Waals surface area (Å²) in [6, 6.07) is 23.2. The molecule has 0 radical (unpaired) electrons. The van der Waals surface area contributed by atoms with Crippen LogP contribution in [0, 0.1) is 6.92 Å². The predicted molar refractivity (Wildman–Crippen MR) is 137 cm³/mol. The minimum Gasteiger partial charge on any atom is -0.361 e. The Balaban J connectivity index is 1.56. The zero-order valence-corrected chi connectivity index (χ0v) is 20.0. The fourth-order valence-corrected chi connectivity index (χ4v) is 4.56. The molecule has 0 unspecified atom stereocenters. The van der Waals surface area contributed by atoms with E-state index >= 15 is 0 Å². The number of halogens is 1. The molecule has 3 N–H and O–H groups in total. The van der Waals surface area contributed by atoms with Gasteiger partial charge in [-0.2, -0.15) is 0 Å². The van der Waals surface area contributed by atoms with Crippen LogP contribution in [0.2, 0.25) is 5.02 Å². The Morgan fingerprint density at radius 1 is 0.941 bits per heavy atom. The molecule has 0 spiro atoms. The first kappa shape index (κ1) is 23.6. The normalized spacial score (nSPS) is 12.8. The van der Waals surface area contributed by atoms with Gasteiger partial charge in [-0.25, -0.2) is 0 Å². The van der Waals surface area contributed by atoms with Gasteiger partial charge in [-0.05, 0) is 35.7 Å². The van der Waals surface area contributed by atoms with Gasteiger partial charge in [0.05, 0.1) is 12.5 Å². The van der Waals surface area contributed by atoms with Crippen molar-refractivity contribution in [1.29, 1.82) is 0 Å². The number of para-hydroxylation sites is 1. The van der Waals surface area contributed by atoms with Gasteiger partial charge < -0.3 is 15.6 Å². The number of H-pyrrole nitrogens is 1. The van der Waals surface area contributed by atoms with Crippen LogP contribution in [0.25, 0.3) is 10.9 Å². The Hall–Kier alpha value is -3.57. The summed E-state index contributed by atoms with van der Waals surface area (Å²) in [4.78, 5) is 28.1. The van der Waals surface area contributed by atoms with E-state index in [1.165, 1.54) is 6.92 Å². The van der Waals surface area contributed by atoms with Crippen LogP contribution in [0.5, 0.6) is 0 Å². The van der Waals surface area contributed by atoms with E-state index in [9.17, 15) is 9.59 Å². The molecule has 34 heavy (non-hydrogen) atoms. The Morgan fingerprint density at radius 2 is 1.65 bits per heavy atom. The van der Waals surface area contributed by atoms with Crippen molar-refractivity contribution < 1.29 is 9.59 Å². The molecule has 4 rings (SSSR count). The van der Waals surface area contributed by atoms with Gasteiger partial charge in [0.1, 0.15) is 0 Å². The van der Waals surface area contributed by atoms with Crippen molar-refractivity contribution in [2.75, 3.05) is 6.54 Å². The van der Waals surface area contributed by atoms with E-state index in [4.69, 9.17) is 11.6 Å². The lowest BCUT2D eigenvalue weighted by atomic mass is 9.90. The highest BCUT2D eigenvalue weighted by Gasteiger charge is 2.23. The van der Waals surface area contributed by atoms with Gasteiger partial charge in [-0.3, -0.25) is 9.59 Å². The number of hydrogen-bond acceptors (Lipinski definition) is 2. The van der Waals surface area contributed by atoms with E-state index in [0.717, 1.165) is 33.2 Å². The van der Waals surface area contributed by atoms with Crippen LogP contribution in [-0.4, -0.2) is 23.3 Å². The third-order valence-electron chi connectivity index (χ3n) is 6.03. The van der Waals surface area contributed by atoms with Crippen molar-refractivity contribution in [2.24, 2.45) is 0 Å². The minimum absolute atomic E-state index is 0.132. The van der Waals surface area contributed by atoms with Gasteiger partial charge in [-0.15, -0.1) is 0 Å². The Labute approximate surface area is 204 Å². The number of benzene rings is 3. The second kappa shape index (κ2) is 10.6. The van der Waals surface area contributed by atoms with Crippen LogP contribution in [0.4, 0.5) is 0 Å². The quantitative estimate of drug-likeness (QED) is 0.309. The van der Waals surface area contributed by atoms with Gasteiger partial charge in [-0.1, -0.05) is 77.8 Å². The summed E-state index contributed by atoms with van der Waals surface area (Å²) in [5, 5.41) is 7.73. The van der Waals surface area contributed by atoms with E-state index < -0.39 is 6.04 Å². The number of aromatic amines is 1. The molecule has 5 nitrogen and oxygen atoms in total. The maximum Gasteiger partial charge on any atom is 0.222 e. The molecule has 2 atom stereocenters. The van der Waals surface area contributed by atoms with Gasteiger partial charge in [0.15, 0.2) is 0 Å². The highest BCUT2D eigenvalue weighted by molar-refractivity contribution is 6.31. The first-order valence-corrected chi connectivity index (χ1v) is 11.7. The molecule has 2 amide bonds. The number of amides is 2. The van der Waals surface area contributed by atoms with Crippen LogP contribution in [-0.2, 0) is 9.59 Å². The van der Waals surface area contributed by atoms with Gasteiger partial charge in [0.2, 0.25) is 11.8 Å². The molecule has 0 aliphatic heterocycles. The smallest absolute Gasteiger partial charge is 0.222 e. The predicted octanol–water partition coefficient (Wildman–Crippen LogP) is 5.65. The fourth-order valence-electron chi connectivity index (χ4n) is 4.30. The summed E-state index contributed by atoms with van der Waals surface area (Å²) in [6.07, 6.45) is 2.13. The zero-order chi connectivity index (χ0) is 24.1. The highest BCUT2D eigenvalue weighted by atomic mass is 35.5. The van der Waals surface area contributed by atoms with Crippen LogP contribution in [0.1, 0.15) is 47.6 Å². The molecular formula is C28H28ClN3O2. The van der Waals surface area contributed by atoms with Crippen LogP contribution in [0.3, 0.4) is 0 Å². The molecule has 3 aromatic carbocycles. The number of carbonyl (C=O) groups excluding carboxylic acids is 2. The lowest BCUT2D eigenvalue weighted by Gasteiger charge is -2.22. The summed E-state index contributed by atoms with van der Waals surface area (Å²) in [7, 11) is 0. The van der Waals surface area contributed by atoms with Crippen molar-refractivity contribution in [3.8, 4) is 0 Å². The Kier molecular flexibility index (Phi) is 7.33. The molecular weight excluding hydrogens is 446 g/mol. The number of nitrogens with one attached hydrogen (secondary N) is 3. The highest BCUT2D eigenvalue weighted by Crippen LogP contribution is 2.34. The number of hydrogen-bond donors (Lipinski definition) is 3. The standard InChI is InChI=1S/C28H28ClN3O2/c1-18-11-13-20(14-12-18)27(32-19(2)33)15-28(34)31-17-23(21-7-3-5-9-25(21)29)24-16-30-26-10-6-4-8-22(24)26/h3-14,16,23,27,30H,15,17H2,1-2H3,(H,31,34)(H,32,33)/t23-,27+/m0/s1. The summed E-state index contributed by atoms with van der Waals surface area (Å²) >= 11 is 6.57. The molecule has 6 heteroatoms.